The van der Waals surface area contributed by atoms with Crippen molar-refractivity contribution < 1.29 is 4.74 Å². The molecule has 3 heteroatoms. The van der Waals surface area contributed by atoms with Crippen LogP contribution in [-0.4, -0.2) is 13.2 Å². The molecule has 0 saturated heterocycles. The molecule has 2 nitrogen and oxygen atoms in total. The molecule has 0 aliphatic rings. The Morgan fingerprint density at radius 3 is 2.35 bits per heavy atom. The average Bonchev–Trinajstić information content (AvgIpc) is 2.23. The lowest BCUT2D eigenvalue weighted by molar-refractivity contribution is 0.400. The second kappa shape index (κ2) is 5.74. The third kappa shape index (κ3) is 3.14. The van der Waals surface area contributed by atoms with Gasteiger partial charge in [0, 0.05) is 16.6 Å². The van der Waals surface area contributed by atoms with Crippen molar-refractivity contribution in [3.63, 3.8) is 0 Å². The van der Waals surface area contributed by atoms with E-state index in [9.17, 15) is 0 Å². The molecule has 0 saturated carbocycles. The smallest absolute Gasteiger partial charge is 0.125 e. The Bertz CT molecular complexity index is 400. The van der Waals surface area contributed by atoms with Gasteiger partial charge >= 0.3 is 0 Å². The highest BCUT2D eigenvalue weighted by Crippen LogP contribution is 2.36. The second-order valence-electron chi connectivity index (χ2n) is 4.92. The third-order valence-electron chi connectivity index (χ3n) is 2.98. The lowest BCUT2D eigenvalue weighted by Crippen LogP contribution is -2.19. The van der Waals surface area contributed by atoms with Crippen molar-refractivity contribution in [2.24, 2.45) is 5.73 Å². The van der Waals surface area contributed by atoms with Gasteiger partial charge in [0.15, 0.2) is 0 Å². The summed E-state index contributed by atoms with van der Waals surface area (Å²) in [6.45, 7) is 8.29. The molecule has 1 atom stereocenters. The average molecular weight is 256 g/mol. The zero-order valence-electron chi connectivity index (χ0n) is 11.3. The molecular weight excluding hydrogens is 234 g/mol. The number of methoxy groups -OCH3 is 1. The van der Waals surface area contributed by atoms with E-state index in [1.54, 1.807) is 7.11 Å². The third-order valence-corrected chi connectivity index (χ3v) is 3.37. The van der Waals surface area contributed by atoms with E-state index in [1.165, 1.54) is 0 Å². The summed E-state index contributed by atoms with van der Waals surface area (Å²) in [5.74, 6) is 1.33. The predicted molar refractivity (Wildman–Crippen MR) is 74.2 cm³/mol. The minimum absolute atomic E-state index is 0.0982. The van der Waals surface area contributed by atoms with Gasteiger partial charge in [-0.25, -0.2) is 0 Å². The van der Waals surface area contributed by atoms with Crippen LogP contribution in [0.3, 0.4) is 0 Å². The van der Waals surface area contributed by atoms with E-state index < -0.39 is 0 Å². The Hall–Kier alpha value is -0.730. The van der Waals surface area contributed by atoms with Gasteiger partial charge in [0.1, 0.15) is 5.75 Å². The van der Waals surface area contributed by atoms with Gasteiger partial charge in [-0.2, -0.15) is 0 Å². The molecule has 1 aromatic rings. The van der Waals surface area contributed by atoms with Crippen LogP contribution in [0, 0.1) is 6.92 Å². The van der Waals surface area contributed by atoms with Gasteiger partial charge in [-0.3, -0.25) is 0 Å². The maximum absolute atomic E-state index is 6.28. The van der Waals surface area contributed by atoms with E-state index in [1.807, 2.05) is 19.9 Å². The van der Waals surface area contributed by atoms with E-state index in [-0.39, 0.29) is 6.04 Å². The minimum Gasteiger partial charge on any atom is -0.496 e. The van der Waals surface area contributed by atoms with Gasteiger partial charge in [-0.15, -0.1) is 0 Å². The van der Waals surface area contributed by atoms with Gasteiger partial charge in [0.2, 0.25) is 0 Å². The summed E-state index contributed by atoms with van der Waals surface area (Å²) in [6, 6.07) is 2.10. The molecule has 2 N–H and O–H groups in total. The van der Waals surface area contributed by atoms with Crippen LogP contribution in [0.4, 0.5) is 0 Å². The van der Waals surface area contributed by atoms with Gasteiger partial charge in [-0.1, -0.05) is 25.4 Å². The molecule has 0 bridgehead atoms. The SMILES string of the molecule is COc1c(C(C)C)cc(Cl)c(C)c1CC(C)N. The number of halogens is 1. The van der Waals surface area contributed by atoms with E-state index in [0.717, 1.165) is 33.9 Å². The molecule has 0 spiro atoms. The largest absolute Gasteiger partial charge is 0.496 e. The molecule has 96 valence electrons. The van der Waals surface area contributed by atoms with Crippen LogP contribution in [0.15, 0.2) is 6.07 Å². The molecule has 1 aromatic carbocycles. The number of benzene rings is 1. The molecule has 1 unspecified atom stereocenters. The highest BCUT2D eigenvalue weighted by molar-refractivity contribution is 6.31. The monoisotopic (exact) mass is 255 g/mol. The fourth-order valence-corrected chi connectivity index (χ4v) is 2.27. The lowest BCUT2D eigenvalue weighted by atomic mass is 9.93. The van der Waals surface area contributed by atoms with Crippen molar-refractivity contribution in [1.29, 1.82) is 0 Å². The van der Waals surface area contributed by atoms with Crippen molar-refractivity contribution in [3.05, 3.63) is 27.8 Å². The lowest BCUT2D eigenvalue weighted by Gasteiger charge is -2.20. The summed E-state index contributed by atoms with van der Waals surface area (Å²) < 4.78 is 5.56. The predicted octanol–water partition coefficient (Wildman–Crippen LogP) is 3.67. The van der Waals surface area contributed by atoms with Crippen molar-refractivity contribution in [3.8, 4) is 5.75 Å². The first-order valence-corrected chi connectivity index (χ1v) is 6.37. The molecule has 0 aliphatic carbocycles. The van der Waals surface area contributed by atoms with Crippen molar-refractivity contribution in [2.75, 3.05) is 7.11 Å². The highest BCUT2D eigenvalue weighted by atomic mass is 35.5. The summed E-state index contributed by atoms with van der Waals surface area (Å²) in [5, 5.41) is 0.796. The van der Waals surface area contributed by atoms with Crippen molar-refractivity contribution in [1.82, 2.24) is 0 Å². The summed E-state index contributed by atoms with van der Waals surface area (Å²) in [5.41, 5.74) is 9.26. The van der Waals surface area contributed by atoms with E-state index in [0.29, 0.717) is 5.92 Å². The van der Waals surface area contributed by atoms with E-state index >= 15 is 0 Å². The summed E-state index contributed by atoms with van der Waals surface area (Å²) in [4.78, 5) is 0. The Labute approximate surface area is 109 Å². The molecular formula is C14H22ClNO. The number of nitrogens with two attached hydrogens (primary N) is 1. The topological polar surface area (TPSA) is 35.2 Å². The number of rotatable bonds is 4. The molecule has 0 aliphatic heterocycles. The zero-order valence-corrected chi connectivity index (χ0v) is 12.1. The van der Waals surface area contributed by atoms with Gasteiger partial charge in [-0.05, 0) is 43.4 Å². The Balaban J connectivity index is 3.42. The maximum atomic E-state index is 6.28. The normalized spacial score (nSPS) is 12.9. The number of ether oxygens (including phenoxy) is 1. The summed E-state index contributed by atoms with van der Waals surface area (Å²) >= 11 is 6.28. The molecule has 0 heterocycles. The quantitative estimate of drug-likeness (QED) is 0.891. The molecule has 1 rings (SSSR count). The maximum Gasteiger partial charge on any atom is 0.125 e. The van der Waals surface area contributed by atoms with Crippen molar-refractivity contribution >= 4 is 11.6 Å². The van der Waals surface area contributed by atoms with Gasteiger partial charge in [0.25, 0.3) is 0 Å². The zero-order chi connectivity index (χ0) is 13.2. The molecule has 17 heavy (non-hydrogen) atoms. The Morgan fingerprint density at radius 2 is 1.94 bits per heavy atom. The standard InChI is InChI=1S/C14H22ClNO/c1-8(2)11-7-13(15)10(4)12(6-9(3)16)14(11)17-5/h7-9H,6,16H2,1-5H3. The number of hydrogen-bond donors (Lipinski definition) is 1. The minimum atomic E-state index is 0.0982. The van der Waals surface area contributed by atoms with Crippen LogP contribution in [0.2, 0.25) is 5.02 Å². The second-order valence-corrected chi connectivity index (χ2v) is 5.33. The van der Waals surface area contributed by atoms with Crippen LogP contribution >= 0.6 is 11.6 Å². The molecule has 0 radical (unpaired) electrons. The number of hydrogen-bond acceptors (Lipinski definition) is 2. The first-order chi connectivity index (χ1) is 7.88. The van der Waals surface area contributed by atoms with Crippen LogP contribution < -0.4 is 10.5 Å². The van der Waals surface area contributed by atoms with Crippen molar-refractivity contribution in [2.45, 2.75) is 46.1 Å². The fraction of sp³-hybridized carbons (Fsp3) is 0.571. The van der Waals surface area contributed by atoms with Crippen LogP contribution in [0.1, 0.15) is 43.4 Å². The first kappa shape index (κ1) is 14.3. The van der Waals surface area contributed by atoms with E-state index in [4.69, 9.17) is 22.1 Å². The van der Waals surface area contributed by atoms with Crippen LogP contribution in [0.25, 0.3) is 0 Å². The van der Waals surface area contributed by atoms with Crippen LogP contribution in [-0.2, 0) is 6.42 Å². The first-order valence-electron chi connectivity index (χ1n) is 5.99. The van der Waals surface area contributed by atoms with Crippen LogP contribution in [0.5, 0.6) is 5.75 Å². The molecule has 0 aromatic heterocycles. The summed E-state index contributed by atoms with van der Waals surface area (Å²) in [6.07, 6.45) is 0.787. The fourth-order valence-electron chi connectivity index (χ4n) is 2.04. The van der Waals surface area contributed by atoms with E-state index in [2.05, 4.69) is 13.8 Å². The van der Waals surface area contributed by atoms with Gasteiger partial charge in [0.05, 0.1) is 7.11 Å². The van der Waals surface area contributed by atoms with Gasteiger partial charge < -0.3 is 10.5 Å². The highest BCUT2D eigenvalue weighted by Gasteiger charge is 2.18. The Kier molecular flexibility index (Phi) is 4.84. The Morgan fingerprint density at radius 1 is 1.35 bits per heavy atom. The molecule has 0 amide bonds. The molecule has 0 fully saturated rings. The summed E-state index contributed by atoms with van der Waals surface area (Å²) in [7, 11) is 1.71.